The first-order valence-electron chi connectivity index (χ1n) is 8.56. The summed E-state index contributed by atoms with van der Waals surface area (Å²) in [5.74, 6) is -0.317. The molecule has 0 bridgehead atoms. The van der Waals surface area contributed by atoms with E-state index in [2.05, 4.69) is 21.0 Å². The number of ether oxygens (including phenoxy) is 1. The van der Waals surface area contributed by atoms with E-state index in [4.69, 9.17) is 4.74 Å². The zero-order valence-corrected chi connectivity index (χ0v) is 16.1. The fourth-order valence-electron chi connectivity index (χ4n) is 2.90. The average molecular weight is 394 g/mol. The average Bonchev–Trinajstić information content (AvgIpc) is 3.29. The molecule has 8 nitrogen and oxygen atoms in total. The topological polar surface area (TPSA) is 97.3 Å². The van der Waals surface area contributed by atoms with Crippen molar-refractivity contribution in [2.75, 3.05) is 24.3 Å². The van der Waals surface area contributed by atoms with Crippen molar-refractivity contribution in [1.82, 2.24) is 15.1 Å². The molecule has 0 aliphatic carbocycles. The van der Waals surface area contributed by atoms with Crippen LogP contribution in [0.1, 0.15) is 24.4 Å². The summed E-state index contributed by atoms with van der Waals surface area (Å²) < 4.78 is 7.01. The summed E-state index contributed by atoms with van der Waals surface area (Å²) >= 11 is 0. The number of nitrogens with one attached hydrogen (secondary N) is 3. The maximum absolute atomic E-state index is 12.5. The Kier molecular flexibility index (Phi) is 7.35. The lowest BCUT2D eigenvalue weighted by molar-refractivity contribution is -0.124. The van der Waals surface area contributed by atoms with E-state index < -0.39 is 6.04 Å². The molecule has 0 spiro atoms. The molecule has 2 heterocycles. The summed E-state index contributed by atoms with van der Waals surface area (Å²) in [5, 5.41) is 12.8. The summed E-state index contributed by atoms with van der Waals surface area (Å²) in [6.45, 7) is 0.632. The van der Waals surface area contributed by atoms with E-state index in [-0.39, 0.29) is 30.3 Å². The number of hydrogen-bond acceptors (Lipinski definition) is 5. The van der Waals surface area contributed by atoms with Crippen LogP contribution in [0, 0.1) is 0 Å². The van der Waals surface area contributed by atoms with Crippen LogP contribution in [0.5, 0.6) is 0 Å². The quantitative estimate of drug-likeness (QED) is 0.696. The minimum absolute atomic E-state index is 0. The number of aromatic nitrogens is 2. The monoisotopic (exact) mass is 393 g/mol. The third-order valence-electron chi connectivity index (χ3n) is 4.25. The number of aryl methyl sites for hydroxylation is 1. The number of amides is 2. The Morgan fingerprint density at radius 3 is 2.41 bits per heavy atom. The van der Waals surface area contributed by atoms with E-state index in [1.165, 1.54) is 0 Å². The van der Waals surface area contributed by atoms with Gasteiger partial charge in [-0.1, -0.05) is 0 Å². The lowest BCUT2D eigenvalue weighted by Crippen LogP contribution is -2.30. The van der Waals surface area contributed by atoms with Crippen LogP contribution in [-0.4, -0.2) is 41.4 Å². The van der Waals surface area contributed by atoms with E-state index in [1.807, 2.05) is 0 Å². The van der Waals surface area contributed by atoms with Crippen LogP contribution in [0.4, 0.5) is 11.4 Å². The first kappa shape index (κ1) is 20.9. The van der Waals surface area contributed by atoms with Gasteiger partial charge in [-0.15, -0.1) is 12.4 Å². The van der Waals surface area contributed by atoms with Gasteiger partial charge < -0.3 is 20.7 Å². The van der Waals surface area contributed by atoms with Gasteiger partial charge in [0.25, 0.3) is 5.91 Å². The minimum Gasteiger partial charge on any atom is -0.368 e. The van der Waals surface area contributed by atoms with Gasteiger partial charge in [0, 0.05) is 36.8 Å². The number of hydrogen-bond donors (Lipinski definition) is 3. The maximum atomic E-state index is 12.5. The minimum atomic E-state index is -0.498. The highest BCUT2D eigenvalue weighted by molar-refractivity contribution is 5.97. The molecular formula is C18H24ClN5O3. The molecule has 1 fully saturated rings. The second-order valence-electron chi connectivity index (χ2n) is 6.23. The lowest BCUT2D eigenvalue weighted by Gasteiger charge is -2.15. The van der Waals surface area contributed by atoms with Gasteiger partial charge in [-0.3, -0.25) is 14.3 Å². The van der Waals surface area contributed by atoms with Gasteiger partial charge in [0.05, 0.1) is 6.20 Å². The normalized spacial score (nSPS) is 17.0. The molecule has 1 aliphatic rings. The molecule has 1 aromatic heterocycles. The fraction of sp³-hybridized carbons (Fsp3) is 0.389. The third kappa shape index (κ3) is 5.29. The van der Waals surface area contributed by atoms with E-state index in [9.17, 15) is 9.59 Å². The number of carbonyl (C=O) groups is 2. The van der Waals surface area contributed by atoms with Gasteiger partial charge in [-0.25, -0.2) is 0 Å². The second kappa shape index (κ2) is 9.50. The Morgan fingerprint density at radius 2 is 1.89 bits per heavy atom. The Balaban J connectivity index is 0.00000261. The van der Waals surface area contributed by atoms with E-state index in [0.717, 1.165) is 18.4 Å². The van der Waals surface area contributed by atoms with Gasteiger partial charge in [-0.05, 0) is 44.2 Å². The molecule has 3 N–H and O–H groups in total. The van der Waals surface area contributed by atoms with Crippen LogP contribution in [-0.2, 0) is 21.4 Å². The number of benzene rings is 1. The maximum Gasteiger partial charge on any atom is 0.253 e. The van der Waals surface area contributed by atoms with Gasteiger partial charge in [0.2, 0.25) is 5.91 Å². The molecule has 1 aromatic carbocycles. The molecule has 27 heavy (non-hydrogen) atoms. The van der Waals surface area contributed by atoms with Crippen molar-refractivity contribution in [2.45, 2.75) is 25.0 Å². The Hall–Kier alpha value is -2.42. The van der Waals surface area contributed by atoms with Gasteiger partial charge in [0.1, 0.15) is 12.1 Å². The van der Waals surface area contributed by atoms with Crippen molar-refractivity contribution in [3.05, 3.63) is 42.2 Å². The highest BCUT2D eigenvalue weighted by Crippen LogP contribution is 2.19. The third-order valence-corrected chi connectivity index (χ3v) is 4.25. The van der Waals surface area contributed by atoms with E-state index >= 15 is 0 Å². The predicted molar refractivity (Wildman–Crippen MR) is 105 cm³/mol. The second-order valence-corrected chi connectivity index (χ2v) is 6.23. The zero-order chi connectivity index (χ0) is 18.5. The molecule has 9 heteroatoms. The first-order chi connectivity index (χ1) is 12.6. The molecule has 146 valence electrons. The molecule has 2 aromatic rings. The van der Waals surface area contributed by atoms with Crippen molar-refractivity contribution in [1.29, 1.82) is 0 Å². The van der Waals surface area contributed by atoms with Crippen molar-refractivity contribution < 1.29 is 14.3 Å². The zero-order valence-electron chi connectivity index (χ0n) is 15.3. The molecule has 2 amide bonds. The van der Waals surface area contributed by atoms with Crippen molar-refractivity contribution >= 4 is 35.6 Å². The number of carbonyl (C=O) groups excluding carboxylic acids is 2. The number of anilines is 2. The molecule has 2 unspecified atom stereocenters. The van der Waals surface area contributed by atoms with Crippen LogP contribution < -0.4 is 16.0 Å². The number of halogens is 1. The van der Waals surface area contributed by atoms with Crippen molar-refractivity contribution in [3.63, 3.8) is 0 Å². The lowest BCUT2D eigenvalue weighted by atomic mass is 10.1. The van der Waals surface area contributed by atoms with Crippen LogP contribution >= 0.6 is 12.4 Å². The number of nitrogens with zero attached hydrogens (tertiary/aromatic N) is 2. The molecule has 0 radical (unpaired) electrons. The van der Waals surface area contributed by atoms with Crippen LogP contribution in [0.15, 0.2) is 36.7 Å². The molecule has 1 saturated heterocycles. The number of rotatable bonds is 6. The largest absolute Gasteiger partial charge is 0.368 e. The van der Waals surface area contributed by atoms with Crippen molar-refractivity contribution in [2.24, 2.45) is 7.05 Å². The van der Waals surface area contributed by atoms with E-state index in [1.54, 1.807) is 55.4 Å². The molecule has 1 aliphatic heterocycles. The highest BCUT2D eigenvalue weighted by Gasteiger charge is 2.23. The van der Waals surface area contributed by atoms with Gasteiger partial charge in [-0.2, -0.15) is 5.10 Å². The predicted octanol–water partition coefficient (Wildman–Crippen LogP) is 1.86. The number of likely N-dealkylation sites (N-methyl/N-ethyl adjacent to an activating group) is 1. The summed E-state index contributed by atoms with van der Waals surface area (Å²) in [6.07, 6.45) is 4.74. The first-order valence-corrected chi connectivity index (χ1v) is 8.56. The smallest absolute Gasteiger partial charge is 0.253 e. The Bertz CT molecular complexity index is 772. The fourth-order valence-corrected chi connectivity index (χ4v) is 2.90. The van der Waals surface area contributed by atoms with Gasteiger partial charge in [0.15, 0.2) is 0 Å². The molecule has 2 atom stereocenters. The summed E-state index contributed by atoms with van der Waals surface area (Å²) in [4.78, 5) is 24.5. The summed E-state index contributed by atoms with van der Waals surface area (Å²) in [6, 6.07) is 6.50. The van der Waals surface area contributed by atoms with Crippen LogP contribution in [0.25, 0.3) is 0 Å². The Morgan fingerprint density at radius 1 is 1.22 bits per heavy atom. The molecule has 0 saturated carbocycles. The van der Waals surface area contributed by atoms with Crippen molar-refractivity contribution in [3.8, 4) is 0 Å². The highest BCUT2D eigenvalue weighted by atomic mass is 35.5. The van der Waals surface area contributed by atoms with Crippen LogP contribution in [0.3, 0.4) is 0 Å². The Labute approximate surface area is 164 Å². The molecular weight excluding hydrogens is 370 g/mol. The summed E-state index contributed by atoms with van der Waals surface area (Å²) in [7, 11) is 3.53. The van der Waals surface area contributed by atoms with Crippen LogP contribution in [0.2, 0.25) is 0 Å². The molecule has 3 rings (SSSR count). The van der Waals surface area contributed by atoms with E-state index in [0.29, 0.717) is 18.0 Å². The summed E-state index contributed by atoms with van der Waals surface area (Å²) in [5.41, 5.74) is 2.10. The SMILES string of the molecule is CNC(C(=O)Nc1ccc(NC(=O)C2CCCO2)cc1)c1cnn(C)c1.Cl. The standard InChI is InChI=1S/C18H23N5O3.ClH/c1-19-16(12-10-20-23(2)11-12)18(25)22-14-7-5-13(6-8-14)21-17(24)15-4-3-9-26-15;/h5-8,10-11,15-16,19H,3-4,9H2,1-2H3,(H,21,24)(H,22,25);1H. The van der Waals surface area contributed by atoms with Gasteiger partial charge >= 0.3 is 0 Å².